The van der Waals surface area contributed by atoms with Gasteiger partial charge in [0.25, 0.3) is 0 Å². The van der Waals surface area contributed by atoms with Crippen molar-refractivity contribution in [3.63, 3.8) is 0 Å². The van der Waals surface area contributed by atoms with Crippen LogP contribution < -0.4 is 5.32 Å². The van der Waals surface area contributed by atoms with Crippen LogP contribution in [0.1, 0.15) is 12.0 Å². The van der Waals surface area contributed by atoms with E-state index in [-0.39, 0.29) is 0 Å². The van der Waals surface area contributed by atoms with Crippen molar-refractivity contribution in [3.05, 3.63) is 22.4 Å². The van der Waals surface area contributed by atoms with Gasteiger partial charge in [-0.3, -0.25) is 0 Å². The molecule has 84 valence electrons. The second kappa shape index (κ2) is 6.84. The fourth-order valence-corrected chi connectivity index (χ4v) is 4.38. The summed E-state index contributed by atoms with van der Waals surface area (Å²) in [5, 5.41) is 8.02. The van der Waals surface area contributed by atoms with Crippen molar-refractivity contribution in [2.24, 2.45) is 0 Å². The molecule has 1 aromatic rings. The fourth-order valence-electron chi connectivity index (χ4n) is 1.60. The van der Waals surface area contributed by atoms with Crippen LogP contribution in [0.3, 0.4) is 0 Å². The SMILES string of the molecule is c1cc(CSCCNC2CCSC2)cs1. The summed E-state index contributed by atoms with van der Waals surface area (Å²) in [7, 11) is 0. The molecule has 0 amide bonds. The Labute approximate surface area is 104 Å². The molecule has 15 heavy (non-hydrogen) atoms. The van der Waals surface area contributed by atoms with Gasteiger partial charge < -0.3 is 5.32 Å². The Kier molecular flexibility index (Phi) is 5.40. The highest BCUT2D eigenvalue weighted by atomic mass is 32.2. The van der Waals surface area contributed by atoms with E-state index in [0.29, 0.717) is 0 Å². The van der Waals surface area contributed by atoms with E-state index in [0.717, 1.165) is 6.04 Å². The molecular weight excluding hydrogens is 242 g/mol. The van der Waals surface area contributed by atoms with E-state index in [1.54, 1.807) is 11.3 Å². The van der Waals surface area contributed by atoms with Crippen LogP contribution in [0.15, 0.2) is 16.8 Å². The number of rotatable bonds is 6. The molecule has 0 bridgehead atoms. The first-order valence-corrected chi connectivity index (χ1v) is 8.60. The van der Waals surface area contributed by atoms with Crippen LogP contribution in [0.5, 0.6) is 0 Å². The van der Waals surface area contributed by atoms with Crippen LogP contribution in [0, 0.1) is 0 Å². The molecule has 1 atom stereocenters. The van der Waals surface area contributed by atoms with Crippen molar-refractivity contribution in [1.82, 2.24) is 5.32 Å². The second-order valence-electron chi connectivity index (χ2n) is 3.70. The van der Waals surface area contributed by atoms with E-state index < -0.39 is 0 Å². The van der Waals surface area contributed by atoms with Crippen LogP contribution in [-0.4, -0.2) is 29.8 Å². The summed E-state index contributed by atoms with van der Waals surface area (Å²) in [6.45, 7) is 1.17. The largest absolute Gasteiger partial charge is 0.312 e. The number of thioether (sulfide) groups is 2. The molecule has 1 unspecified atom stereocenters. The molecular formula is C11H17NS3. The molecule has 4 heteroatoms. The monoisotopic (exact) mass is 259 g/mol. The smallest absolute Gasteiger partial charge is 0.0193 e. The number of nitrogens with one attached hydrogen (secondary N) is 1. The first-order chi connectivity index (χ1) is 7.45. The minimum atomic E-state index is 0.789. The molecule has 0 spiro atoms. The third-order valence-corrected chi connectivity index (χ3v) is 5.38. The molecule has 2 rings (SSSR count). The van der Waals surface area contributed by atoms with Crippen molar-refractivity contribution >= 4 is 34.9 Å². The number of hydrogen-bond donors (Lipinski definition) is 1. The molecule has 2 heterocycles. The lowest BCUT2D eigenvalue weighted by molar-refractivity contribution is 0.581. The zero-order chi connectivity index (χ0) is 10.3. The van der Waals surface area contributed by atoms with Gasteiger partial charge in [0.1, 0.15) is 0 Å². The third kappa shape index (κ3) is 4.39. The third-order valence-electron chi connectivity index (χ3n) is 2.46. The van der Waals surface area contributed by atoms with E-state index in [2.05, 4.69) is 33.9 Å². The standard InChI is InChI=1S/C11H17NS3/c1-4-13-7-10(1)8-15-6-3-12-11-2-5-14-9-11/h1,4,7,11-12H,2-3,5-6,8-9H2. The Morgan fingerprint density at radius 3 is 3.27 bits per heavy atom. The van der Waals surface area contributed by atoms with Gasteiger partial charge in [-0.2, -0.15) is 34.9 Å². The Balaban J connectivity index is 1.48. The molecule has 1 fully saturated rings. The van der Waals surface area contributed by atoms with E-state index in [9.17, 15) is 0 Å². The zero-order valence-corrected chi connectivity index (χ0v) is 11.2. The number of hydrogen-bond acceptors (Lipinski definition) is 4. The normalized spacial score (nSPS) is 20.9. The van der Waals surface area contributed by atoms with Crippen LogP contribution >= 0.6 is 34.9 Å². The lowest BCUT2D eigenvalue weighted by atomic mass is 10.3. The maximum atomic E-state index is 3.62. The second-order valence-corrected chi connectivity index (χ2v) is 6.73. The molecule has 1 aromatic heterocycles. The molecule has 1 saturated heterocycles. The summed E-state index contributed by atoms with van der Waals surface area (Å²) >= 11 is 5.90. The van der Waals surface area contributed by atoms with Gasteiger partial charge in [0, 0.05) is 29.8 Å². The van der Waals surface area contributed by atoms with Crippen molar-refractivity contribution < 1.29 is 0 Å². The van der Waals surface area contributed by atoms with Crippen molar-refractivity contribution in [2.75, 3.05) is 23.8 Å². The summed E-state index contributed by atoms with van der Waals surface area (Å²) in [5.41, 5.74) is 1.47. The highest BCUT2D eigenvalue weighted by Gasteiger charge is 2.13. The molecule has 0 radical (unpaired) electrons. The lowest BCUT2D eigenvalue weighted by Crippen LogP contribution is -2.30. The Morgan fingerprint density at radius 1 is 1.53 bits per heavy atom. The van der Waals surface area contributed by atoms with Gasteiger partial charge >= 0.3 is 0 Å². The van der Waals surface area contributed by atoms with Crippen LogP contribution in [0.2, 0.25) is 0 Å². The Hall–Kier alpha value is 0.360. The predicted molar refractivity (Wildman–Crippen MR) is 74.2 cm³/mol. The van der Waals surface area contributed by atoms with Crippen molar-refractivity contribution in [3.8, 4) is 0 Å². The van der Waals surface area contributed by atoms with E-state index in [4.69, 9.17) is 0 Å². The predicted octanol–water partition coefficient (Wildman–Crippen LogP) is 3.08. The van der Waals surface area contributed by atoms with Gasteiger partial charge in [0.15, 0.2) is 0 Å². The Morgan fingerprint density at radius 2 is 2.53 bits per heavy atom. The average molecular weight is 259 g/mol. The summed E-state index contributed by atoms with van der Waals surface area (Å²) in [5.74, 6) is 5.07. The van der Waals surface area contributed by atoms with Gasteiger partial charge in [0.05, 0.1) is 0 Å². The first-order valence-electron chi connectivity index (χ1n) is 5.35. The minimum Gasteiger partial charge on any atom is -0.312 e. The molecule has 1 N–H and O–H groups in total. The maximum absolute atomic E-state index is 3.62. The topological polar surface area (TPSA) is 12.0 Å². The quantitative estimate of drug-likeness (QED) is 0.789. The molecule has 0 aliphatic carbocycles. The lowest BCUT2D eigenvalue weighted by Gasteiger charge is -2.10. The summed E-state index contributed by atoms with van der Waals surface area (Å²) < 4.78 is 0. The molecule has 0 saturated carbocycles. The van der Waals surface area contributed by atoms with Gasteiger partial charge in [-0.05, 0) is 34.6 Å². The minimum absolute atomic E-state index is 0.789. The zero-order valence-electron chi connectivity index (χ0n) is 8.78. The van der Waals surface area contributed by atoms with Gasteiger partial charge in [-0.15, -0.1) is 0 Å². The first kappa shape index (κ1) is 11.8. The molecule has 1 nitrogen and oxygen atoms in total. The van der Waals surface area contributed by atoms with Crippen molar-refractivity contribution in [1.29, 1.82) is 0 Å². The summed E-state index contributed by atoms with van der Waals surface area (Å²) in [6, 6.07) is 3.01. The summed E-state index contributed by atoms with van der Waals surface area (Å²) in [4.78, 5) is 0. The highest BCUT2D eigenvalue weighted by molar-refractivity contribution is 7.99. The number of thiophene rings is 1. The van der Waals surface area contributed by atoms with Crippen LogP contribution in [0.4, 0.5) is 0 Å². The van der Waals surface area contributed by atoms with Gasteiger partial charge in [-0.1, -0.05) is 0 Å². The Bertz CT molecular complexity index is 255. The van der Waals surface area contributed by atoms with Gasteiger partial charge in [0.2, 0.25) is 0 Å². The fraction of sp³-hybridized carbons (Fsp3) is 0.636. The average Bonchev–Trinajstić information content (AvgIpc) is 2.88. The molecule has 0 aromatic carbocycles. The van der Waals surface area contributed by atoms with Crippen LogP contribution in [0.25, 0.3) is 0 Å². The molecule has 1 aliphatic rings. The van der Waals surface area contributed by atoms with E-state index in [1.165, 1.54) is 41.5 Å². The van der Waals surface area contributed by atoms with E-state index >= 15 is 0 Å². The van der Waals surface area contributed by atoms with Crippen molar-refractivity contribution in [2.45, 2.75) is 18.2 Å². The van der Waals surface area contributed by atoms with E-state index in [1.807, 2.05) is 11.8 Å². The summed E-state index contributed by atoms with van der Waals surface area (Å²) in [6.07, 6.45) is 1.36. The highest BCUT2D eigenvalue weighted by Crippen LogP contribution is 2.17. The maximum Gasteiger partial charge on any atom is 0.0193 e. The molecule has 1 aliphatic heterocycles. The van der Waals surface area contributed by atoms with Crippen LogP contribution in [-0.2, 0) is 5.75 Å². The van der Waals surface area contributed by atoms with Gasteiger partial charge in [-0.25, -0.2) is 0 Å².